The molecule has 0 radical (unpaired) electrons. The first-order chi connectivity index (χ1) is 14.4. The lowest BCUT2D eigenvalue weighted by Gasteiger charge is -2.27. The first kappa shape index (κ1) is 21.4. The van der Waals surface area contributed by atoms with E-state index in [0.717, 1.165) is 6.54 Å². The summed E-state index contributed by atoms with van der Waals surface area (Å²) in [5.74, 6) is -0.385. The predicted octanol–water partition coefficient (Wildman–Crippen LogP) is 3.22. The third-order valence-electron chi connectivity index (χ3n) is 4.93. The van der Waals surface area contributed by atoms with Crippen LogP contribution in [0.15, 0.2) is 64.5 Å². The van der Waals surface area contributed by atoms with E-state index in [-0.39, 0.29) is 5.57 Å². The van der Waals surface area contributed by atoms with E-state index in [1.807, 2.05) is 25.1 Å². The van der Waals surface area contributed by atoms with Crippen LogP contribution in [0.5, 0.6) is 5.75 Å². The topological polar surface area (TPSA) is 83.2 Å². The number of hydrogen-bond donors (Lipinski definition) is 1. The largest absolute Gasteiger partial charge is 0.503 e. The van der Waals surface area contributed by atoms with Gasteiger partial charge in [-0.15, -0.1) is 0 Å². The summed E-state index contributed by atoms with van der Waals surface area (Å²) < 4.78 is 10.5. The van der Waals surface area contributed by atoms with Crippen molar-refractivity contribution >= 4 is 17.8 Å². The molecule has 7 heteroatoms. The van der Waals surface area contributed by atoms with Crippen molar-refractivity contribution in [1.82, 2.24) is 9.80 Å². The number of amides is 1. The van der Waals surface area contributed by atoms with E-state index in [0.29, 0.717) is 30.0 Å². The smallest absolute Gasteiger partial charge is 0.290 e. The third-order valence-corrected chi connectivity index (χ3v) is 4.93. The SMILES string of the molecule is COc1cccc(C2C(C(=O)/C=C/c3ccco3)=C(O)C(=O)N2CCCN(C)C)c1. The summed E-state index contributed by atoms with van der Waals surface area (Å²) in [5.41, 5.74) is 0.757. The number of aliphatic hydroxyl groups excluding tert-OH is 1. The molecule has 3 rings (SSSR count). The van der Waals surface area contributed by atoms with Crippen LogP contribution >= 0.6 is 0 Å². The van der Waals surface area contributed by atoms with Crippen molar-refractivity contribution in [3.05, 3.63) is 71.4 Å². The molecule has 1 aromatic carbocycles. The van der Waals surface area contributed by atoms with Gasteiger partial charge in [0.1, 0.15) is 11.5 Å². The Morgan fingerprint density at radius 2 is 2.10 bits per heavy atom. The summed E-state index contributed by atoms with van der Waals surface area (Å²) in [6, 6.07) is 9.92. The number of hydrogen-bond acceptors (Lipinski definition) is 6. The average Bonchev–Trinajstić information content (AvgIpc) is 3.34. The number of nitrogens with zero attached hydrogens (tertiary/aromatic N) is 2. The first-order valence-corrected chi connectivity index (χ1v) is 9.71. The second kappa shape index (κ2) is 9.45. The number of furan rings is 1. The number of rotatable bonds is 9. The lowest BCUT2D eigenvalue weighted by molar-refractivity contribution is -0.129. The molecule has 1 amide bonds. The van der Waals surface area contributed by atoms with Crippen LogP contribution in [-0.4, -0.2) is 60.9 Å². The zero-order valence-corrected chi connectivity index (χ0v) is 17.4. The summed E-state index contributed by atoms with van der Waals surface area (Å²) in [6.45, 7) is 1.18. The van der Waals surface area contributed by atoms with Gasteiger partial charge in [0.25, 0.3) is 5.91 Å². The van der Waals surface area contributed by atoms with Crippen LogP contribution in [0.3, 0.4) is 0 Å². The van der Waals surface area contributed by atoms with Gasteiger partial charge in [0.2, 0.25) is 0 Å². The number of methoxy groups -OCH3 is 1. The van der Waals surface area contributed by atoms with E-state index in [1.165, 1.54) is 18.4 Å². The average molecular weight is 410 g/mol. The lowest BCUT2D eigenvalue weighted by atomic mass is 9.95. The zero-order valence-electron chi connectivity index (χ0n) is 17.4. The second-order valence-corrected chi connectivity index (χ2v) is 7.31. The van der Waals surface area contributed by atoms with Gasteiger partial charge in [0.05, 0.1) is 25.0 Å². The highest BCUT2D eigenvalue weighted by atomic mass is 16.5. The minimum Gasteiger partial charge on any atom is -0.503 e. The monoisotopic (exact) mass is 410 g/mol. The minimum absolute atomic E-state index is 0.0564. The van der Waals surface area contributed by atoms with Gasteiger partial charge >= 0.3 is 0 Å². The molecule has 0 fully saturated rings. The highest BCUT2D eigenvalue weighted by Gasteiger charge is 2.42. The van der Waals surface area contributed by atoms with E-state index in [4.69, 9.17) is 9.15 Å². The molecule has 2 aromatic rings. The van der Waals surface area contributed by atoms with Gasteiger partial charge in [-0.25, -0.2) is 0 Å². The molecular weight excluding hydrogens is 384 g/mol. The Morgan fingerprint density at radius 3 is 2.77 bits per heavy atom. The molecule has 1 atom stereocenters. The van der Waals surface area contributed by atoms with E-state index < -0.39 is 23.5 Å². The fourth-order valence-corrected chi connectivity index (χ4v) is 3.49. The molecule has 1 aromatic heterocycles. The fourth-order valence-electron chi connectivity index (χ4n) is 3.49. The van der Waals surface area contributed by atoms with Crippen LogP contribution in [0, 0.1) is 0 Å². The third kappa shape index (κ3) is 4.63. The number of ether oxygens (including phenoxy) is 1. The molecule has 0 spiro atoms. The van der Waals surface area contributed by atoms with Crippen LogP contribution in [0.2, 0.25) is 0 Å². The highest BCUT2D eigenvalue weighted by Crippen LogP contribution is 2.39. The summed E-state index contributed by atoms with van der Waals surface area (Å²) in [6.07, 6.45) is 5.04. The van der Waals surface area contributed by atoms with Gasteiger partial charge in [0.15, 0.2) is 11.5 Å². The number of allylic oxidation sites excluding steroid dienone is 1. The maximum Gasteiger partial charge on any atom is 0.290 e. The number of benzene rings is 1. The molecule has 0 bridgehead atoms. The molecule has 2 heterocycles. The summed E-state index contributed by atoms with van der Waals surface area (Å²) in [7, 11) is 5.46. The van der Waals surface area contributed by atoms with Crippen molar-refractivity contribution < 1.29 is 23.8 Å². The number of carbonyl (C=O) groups is 2. The van der Waals surface area contributed by atoms with Crippen LogP contribution in [0.1, 0.15) is 23.8 Å². The van der Waals surface area contributed by atoms with E-state index in [1.54, 1.807) is 42.3 Å². The van der Waals surface area contributed by atoms with Crippen molar-refractivity contribution in [3.8, 4) is 5.75 Å². The molecule has 0 saturated carbocycles. The minimum atomic E-state index is -0.691. The number of aliphatic hydroxyl groups is 1. The highest BCUT2D eigenvalue weighted by molar-refractivity contribution is 6.14. The lowest BCUT2D eigenvalue weighted by Crippen LogP contribution is -2.33. The number of ketones is 1. The summed E-state index contributed by atoms with van der Waals surface area (Å²) in [5, 5.41) is 10.6. The maximum atomic E-state index is 13.0. The molecule has 1 aliphatic rings. The normalized spacial score (nSPS) is 16.9. The quantitative estimate of drug-likeness (QED) is 0.639. The molecule has 7 nitrogen and oxygen atoms in total. The second-order valence-electron chi connectivity index (χ2n) is 7.31. The fraction of sp³-hybridized carbons (Fsp3) is 0.304. The van der Waals surface area contributed by atoms with Crippen LogP contribution in [0.4, 0.5) is 0 Å². The molecule has 0 saturated heterocycles. The van der Waals surface area contributed by atoms with Crippen molar-refractivity contribution in [3.63, 3.8) is 0 Å². The Balaban J connectivity index is 1.96. The van der Waals surface area contributed by atoms with Crippen LogP contribution in [-0.2, 0) is 9.59 Å². The van der Waals surface area contributed by atoms with Gasteiger partial charge < -0.3 is 24.1 Å². The zero-order chi connectivity index (χ0) is 21.7. The molecule has 0 aliphatic carbocycles. The van der Waals surface area contributed by atoms with Crippen molar-refractivity contribution in [2.45, 2.75) is 12.5 Å². The Morgan fingerprint density at radius 1 is 1.30 bits per heavy atom. The van der Waals surface area contributed by atoms with Gasteiger partial charge in [-0.3, -0.25) is 9.59 Å². The Hall–Kier alpha value is -3.32. The Labute approximate surface area is 175 Å². The van der Waals surface area contributed by atoms with Crippen molar-refractivity contribution in [2.75, 3.05) is 34.3 Å². The molecule has 30 heavy (non-hydrogen) atoms. The van der Waals surface area contributed by atoms with Crippen LogP contribution < -0.4 is 4.74 Å². The summed E-state index contributed by atoms with van der Waals surface area (Å²) in [4.78, 5) is 29.4. The molecule has 1 N–H and O–H groups in total. The molecule has 158 valence electrons. The maximum absolute atomic E-state index is 13.0. The van der Waals surface area contributed by atoms with Gasteiger partial charge in [-0.1, -0.05) is 12.1 Å². The van der Waals surface area contributed by atoms with Crippen molar-refractivity contribution in [1.29, 1.82) is 0 Å². The summed E-state index contributed by atoms with van der Waals surface area (Å²) >= 11 is 0. The van der Waals surface area contributed by atoms with E-state index in [9.17, 15) is 14.7 Å². The Bertz CT molecular complexity index is 960. The van der Waals surface area contributed by atoms with E-state index >= 15 is 0 Å². The standard InChI is InChI=1S/C23H26N2O5/c1-24(2)12-6-13-25-21(16-7-4-8-18(15-16)29-3)20(22(27)23(25)28)19(26)11-10-17-9-5-14-30-17/h4-5,7-11,14-15,21,27H,6,12-13H2,1-3H3/b11-10+. The molecule has 1 aliphatic heterocycles. The van der Waals surface area contributed by atoms with Crippen LogP contribution in [0.25, 0.3) is 6.08 Å². The molecule has 1 unspecified atom stereocenters. The van der Waals surface area contributed by atoms with E-state index in [2.05, 4.69) is 0 Å². The predicted molar refractivity (Wildman–Crippen MR) is 113 cm³/mol. The Kier molecular flexibility index (Phi) is 6.74. The van der Waals surface area contributed by atoms with Gasteiger partial charge in [0, 0.05) is 6.54 Å². The van der Waals surface area contributed by atoms with Crippen molar-refractivity contribution in [2.24, 2.45) is 0 Å². The van der Waals surface area contributed by atoms with Gasteiger partial charge in [-0.05, 0) is 69.0 Å². The van der Waals surface area contributed by atoms with Gasteiger partial charge in [-0.2, -0.15) is 0 Å². The molecular formula is C23H26N2O5. The number of carbonyl (C=O) groups excluding carboxylic acids is 2. The first-order valence-electron chi connectivity index (χ1n) is 9.71.